The number of nitrogens with two attached hydrogens (primary N) is 1. The van der Waals surface area contributed by atoms with Gasteiger partial charge in [-0.1, -0.05) is 0 Å². The normalized spacial score (nSPS) is 17.6. The van der Waals surface area contributed by atoms with E-state index in [1.165, 1.54) is 10.9 Å². The van der Waals surface area contributed by atoms with Crippen molar-refractivity contribution in [1.82, 2.24) is 9.55 Å². The van der Waals surface area contributed by atoms with Crippen LogP contribution >= 0.6 is 0 Å². The Morgan fingerprint density at radius 3 is 2.72 bits per heavy atom. The molecule has 1 aromatic rings. The smallest absolute Gasteiger partial charge is 0.419 e. The van der Waals surface area contributed by atoms with E-state index in [0.29, 0.717) is 6.54 Å². The Hall–Kier alpha value is -1.36. The molecule has 1 saturated carbocycles. The molecule has 1 heterocycles. The van der Waals surface area contributed by atoms with Crippen molar-refractivity contribution in [2.24, 2.45) is 5.73 Å². The zero-order valence-corrected chi connectivity index (χ0v) is 11.3. The highest BCUT2D eigenvalue weighted by atomic mass is 16.6. The van der Waals surface area contributed by atoms with Crippen molar-refractivity contribution in [2.75, 3.05) is 6.54 Å². The third kappa shape index (κ3) is 2.72. The second-order valence-electron chi connectivity index (χ2n) is 5.97. The largest absolute Gasteiger partial charge is 0.443 e. The van der Waals surface area contributed by atoms with Gasteiger partial charge in [-0.25, -0.2) is 14.3 Å². The lowest BCUT2D eigenvalue weighted by Crippen LogP contribution is -2.26. The van der Waals surface area contributed by atoms with Gasteiger partial charge in [0.2, 0.25) is 0 Å². The van der Waals surface area contributed by atoms with Gasteiger partial charge >= 0.3 is 6.09 Å². The molecule has 5 heteroatoms. The first kappa shape index (κ1) is 13.1. The van der Waals surface area contributed by atoms with Gasteiger partial charge in [0.05, 0.1) is 5.69 Å². The molecule has 1 fully saturated rings. The number of carbonyl (C=O) groups excluding carboxylic acids is 1. The Labute approximate surface area is 107 Å². The van der Waals surface area contributed by atoms with Crippen molar-refractivity contribution in [2.45, 2.75) is 51.0 Å². The maximum absolute atomic E-state index is 11.9. The lowest BCUT2D eigenvalue weighted by molar-refractivity contribution is 0.0536. The quantitative estimate of drug-likeness (QED) is 0.892. The summed E-state index contributed by atoms with van der Waals surface area (Å²) in [4.78, 5) is 16.2. The highest BCUT2D eigenvalue weighted by molar-refractivity contribution is 5.70. The second kappa shape index (κ2) is 4.39. The van der Waals surface area contributed by atoms with E-state index in [1.807, 2.05) is 20.8 Å². The van der Waals surface area contributed by atoms with Crippen LogP contribution in [0.1, 0.15) is 45.7 Å². The lowest BCUT2D eigenvalue weighted by Gasteiger charge is -2.19. The summed E-state index contributed by atoms with van der Waals surface area (Å²) in [5, 5.41) is 0. The van der Waals surface area contributed by atoms with Crippen molar-refractivity contribution in [3.63, 3.8) is 0 Å². The van der Waals surface area contributed by atoms with Crippen LogP contribution in [0.3, 0.4) is 0 Å². The fourth-order valence-electron chi connectivity index (χ4n) is 2.07. The number of hydrogen-bond acceptors (Lipinski definition) is 4. The summed E-state index contributed by atoms with van der Waals surface area (Å²) in [6, 6.07) is 0. The minimum atomic E-state index is -0.490. The number of nitrogens with zero attached hydrogens (tertiary/aromatic N) is 2. The molecule has 0 atom stereocenters. The molecule has 0 unspecified atom stereocenters. The topological polar surface area (TPSA) is 70.1 Å². The Morgan fingerprint density at radius 2 is 2.22 bits per heavy atom. The van der Waals surface area contributed by atoms with Gasteiger partial charge in [0.15, 0.2) is 0 Å². The van der Waals surface area contributed by atoms with Gasteiger partial charge < -0.3 is 10.5 Å². The molecule has 100 valence electrons. The molecular weight excluding hydrogens is 230 g/mol. The lowest BCUT2D eigenvalue weighted by atomic mass is 9.99. The molecule has 5 nitrogen and oxygen atoms in total. The summed E-state index contributed by atoms with van der Waals surface area (Å²) in [6.45, 7) is 6.19. The number of ether oxygens (including phenoxy) is 1. The fourth-order valence-corrected chi connectivity index (χ4v) is 2.07. The highest BCUT2D eigenvalue weighted by Crippen LogP contribution is 2.49. The molecule has 0 bridgehead atoms. The summed E-state index contributed by atoms with van der Waals surface area (Å²) < 4.78 is 6.70. The van der Waals surface area contributed by atoms with E-state index in [9.17, 15) is 4.79 Å². The molecule has 1 aromatic heterocycles. The van der Waals surface area contributed by atoms with Gasteiger partial charge in [-0.15, -0.1) is 0 Å². The van der Waals surface area contributed by atoms with Crippen LogP contribution in [0, 0.1) is 0 Å². The van der Waals surface area contributed by atoms with Crippen LogP contribution in [0.4, 0.5) is 4.79 Å². The molecular formula is C13H21N3O2. The molecule has 2 rings (SSSR count). The summed E-state index contributed by atoms with van der Waals surface area (Å²) in [5.74, 6) is 0. The van der Waals surface area contributed by atoms with Gasteiger partial charge in [-0.3, -0.25) is 0 Å². The van der Waals surface area contributed by atoms with Gasteiger partial charge in [-0.05, 0) is 46.6 Å². The van der Waals surface area contributed by atoms with Crippen LogP contribution < -0.4 is 5.73 Å². The monoisotopic (exact) mass is 251 g/mol. The molecule has 0 spiro atoms. The minimum absolute atomic E-state index is 0.113. The molecule has 1 aliphatic carbocycles. The average molecular weight is 251 g/mol. The molecule has 18 heavy (non-hydrogen) atoms. The maximum Gasteiger partial charge on any atom is 0.419 e. The number of rotatable bonds is 3. The summed E-state index contributed by atoms with van der Waals surface area (Å²) in [6.07, 6.45) is 6.06. The Kier molecular flexibility index (Phi) is 3.19. The predicted molar refractivity (Wildman–Crippen MR) is 68.4 cm³/mol. The standard InChI is InChI=1S/C13H21N3O2/c1-12(2,3)18-11(17)16-8-10(15-9-16)13(4-5-13)6-7-14/h8-9H,4-7,14H2,1-3H3. The van der Waals surface area contributed by atoms with Crippen molar-refractivity contribution in [3.05, 3.63) is 18.2 Å². The van der Waals surface area contributed by atoms with Gasteiger partial charge in [0.1, 0.15) is 11.9 Å². The van der Waals surface area contributed by atoms with Gasteiger partial charge in [-0.2, -0.15) is 0 Å². The summed E-state index contributed by atoms with van der Waals surface area (Å²) in [7, 11) is 0. The fraction of sp³-hybridized carbons (Fsp3) is 0.692. The van der Waals surface area contributed by atoms with Crippen molar-refractivity contribution >= 4 is 6.09 Å². The second-order valence-corrected chi connectivity index (χ2v) is 5.97. The summed E-state index contributed by atoms with van der Waals surface area (Å²) >= 11 is 0. The molecule has 2 N–H and O–H groups in total. The van der Waals surface area contributed by atoms with Crippen LogP contribution in [-0.4, -0.2) is 27.8 Å². The highest BCUT2D eigenvalue weighted by Gasteiger charge is 2.45. The first-order chi connectivity index (χ1) is 8.36. The first-order valence-electron chi connectivity index (χ1n) is 6.34. The van der Waals surface area contributed by atoms with Crippen LogP contribution in [0.2, 0.25) is 0 Å². The van der Waals surface area contributed by atoms with E-state index in [1.54, 1.807) is 6.20 Å². The Balaban J connectivity index is 2.09. The number of hydrogen-bond donors (Lipinski definition) is 1. The maximum atomic E-state index is 11.9. The molecule has 0 amide bonds. The SMILES string of the molecule is CC(C)(C)OC(=O)n1cnc(C2(CCN)CC2)c1. The van der Waals surface area contributed by atoms with E-state index in [-0.39, 0.29) is 11.5 Å². The van der Waals surface area contributed by atoms with Crippen molar-refractivity contribution < 1.29 is 9.53 Å². The molecule has 0 radical (unpaired) electrons. The third-order valence-corrected chi connectivity index (χ3v) is 3.21. The Bertz CT molecular complexity index is 441. The molecule has 1 aliphatic rings. The zero-order valence-electron chi connectivity index (χ0n) is 11.3. The van der Waals surface area contributed by atoms with Gasteiger partial charge in [0.25, 0.3) is 0 Å². The van der Waals surface area contributed by atoms with Crippen molar-refractivity contribution in [3.8, 4) is 0 Å². The summed E-state index contributed by atoms with van der Waals surface area (Å²) in [5.41, 5.74) is 6.20. The van der Waals surface area contributed by atoms with E-state index in [4.69, 9.17) is 10.5 Å². The number of imidazole rings is 1. The van der Waals surface area contributed by atoms with E-state index in [2.05, 4.69) is 4.98 Å². The van der Waals surface area contributed by atoms with Crippen LogP contribution in [0.25, 0.3) is 0 Å². The third-order valence-electron chi connectivity index (χ3n) is 3.21. The number of aromatic nitrogens is 2. The van der Waals surface area contributed by atoms with E-state index in [0.717, 1.165) is 25.0 Å². The van der Waals surface area contributed by atoms with E-state index >= 15 is 0 Å². The molecule has 0 aliphatic heterocycles. The van der Waals surface area contributed by atoms with E-state index < -0.39 is 5.60 Å². The molecule has 0 aromatic carbocycles. The predicted octanol–water partition coefficient (Wildman–Crippen LogP) is 2.05. The molecule has 0 saturated heterocycles. The van der Waals surface area contributed by atoms with Crippen LogP contribution in [0.5, 0.6) is 0 Å². The zero-order chi connectivity index (χ0) is 13.4. The Morgan fingerprint density at radius 1 is 1.56 bits per heavy atom. The first-order valence-corrected chi connectivity index (χ1v) is 6.34. The minimum Gasteiger partial charge on any atom is -0.443 e. The van der Waals surface area contributed by atoms with Crippen LogP contribution in [-0.2, 0) is 10.2 Å². The average Bonchev–Trinajstić information content (AvgIpc) is 2.86. The number of carbonyl (C=O) groups is 1. The van der Waals surface area contributed by atoms with Crippen molar-refractivity contribution in [1.29, 1.82) is 0 Å². The van der Waals surface area contributed by atoms with Gasteiger partial charge in [0, 0.05) is 11.6 Å². The van der Waals surface area contributed by atoms with Crippen LogP contribution in [0.15, 0.2) is 12.5 Å².